The van der Waals surface area contributed by atoms with Gasteiger partial charge in [0.25, 0.3) is 0 Å². The molecule has 0 N–H and O–H groups in total. The summed E-state index contributed by atoms with van der Waals surface area (Å²) in [6.45, 7) is 22.1. The van der Waals surface area contributed by atoms with Crippen molar-refractivity contribution in [2.45, 2.75) is 52.4 Å². The summed E-state index contributed by atoms with van der Waals surface area (Å²) in [6, 6.07) is 81.9. The zero-order valence-corrected chi connectivity index (χ0v) is 45.6. The maximum absolute atomic E-state index is 10.2. The van der Waals surface area contributed by atoms with Crippen molar-refractivity contribution < 1.29 is 0 Å². The van der Waals surface area contributed by atoms with E-state index in [1.54, 1.807) is 0 Å². The first-order valence-corrected chi connectivity index (χ1v) is 27.7. The Morgan fingerprint density at radius 2 is 0.713 bits per heavy atom. The van der Waals surface area contributed by atoms with Gasteiger partial charge in [-0.15, -0.1) is 0 Å². The zero-order valence-electron chi connectivity index (χ0n) is 45.6. The lowest BCUT2D eigenvalue weighted by Crippen LogP contribution is -2.17. The second kappa shape index (κ2) is 17.2. The van der Waals surface area contributed by atoms with Crippen LogP contribution in [0.25, 0.3) is 147 Å². The molecule has 2 heterocycles. The lowest BCUT2D eigenvalue weighted by molar-refractivity contribution is 0.593. The molecule has 0 spiro atoms. The highest BCUT2D eigenvalue weighted by Crippen LogP contribution is 2.49. The molecule has 0 aliphatic rings. The number of para-hydroxylation sites is 2. The van der Waals surface area contributed by atoms with E-state index in [0.717, 1.165) is 66.1 Å². The van der Waals surface area contributed by atoms with Crippen molar-refractivity contribution in [1.82, 2.24) is 9.13 Å². The van der Waals surface area contributed by atoms with Crippen molar-refractivity contribution in [2.75, 3.05) is 0 Å². The van der Waals surface area contributed by atoms with Gasteiger partial charge in [-0.05, 0) is 171 Å². The molecule has 378 valence electrons. The third-order valence-electron chi connectivity index (χ3n) is 17.1. The summed E-state index contributed by atoms with van der Waals surface area (Å²) < 4.78 is 4.68. The van der Waals surface area contributed by atoms with Gasteiger partial charge in [0.2, 0.25) is 0 Å². The average molecular weight is 1020 g/mol. The number of fused-ring (bicyclic) bond motifs is 2. The molecule has 0 radical (unpaired) electrons. The van der Waals surface area contributed by atoms with E-state index >= 15 is 0 Å². The summed E-state index contributed by atoms with van der Waals surface area (Å²) in [7, 11) is 0. The molecule has 0 atom stereocenters. The van der Waals surface area contributed by atoms with Crippen molar-refractivity contribution in [2.24, 2.45) is 0 Å². The van der Waals surface area contributed by atoms with Gasteiger partial charge in [0.1, 0.15) is 0 Å². The highest BCUT2D eigenvalue weighted by atomic mass is 15.0. The summed E-state index contributed by atoms with van der Waals surface area (Å²) >= 11 is 0. The molecular formula is C76H54N4. The maximum Gasteiger partial charge on any atom is 0.195 e. The molecule has 13 aromatic carbocycles. The number of hydrogen-bond donors (Lipinski definition) is 0. The number of rotatable bonds is 6. The summed E-state index contributed by atoms with van der Waals surface area (Å²) in [5.74, 6) is 0. The van der Waals surface area contributed by atoms with E-state index < -0.39 is 0 Å². The predicted molar refractivity (Wildman–Crippen MR) is 338 cm³/mol. The summed E-state index contributed by atoms with van der Waals surface area (Å²) in [6.07, 6.45) is 0. The molecule has 0 unspecified atom stereocenters. The molecule has 0 aliphatic carbocycles. The van der Waals surface area contributed by atoms with Gasteiger partial charge in [-0.25, -0.2) is 4.85 Å². The van der Waals surface area contributed by atoms with E-state index in [1.807, 2.05) is 12.1 Å². The third-order valence-corrected chi connectivity index (χ3v) is 17.1. The van der Waals surface area contributed by atoms with Crippen LogP contribution in [-0.4, -0.2) is 9.13 Å². The van der Waals surface area contributed by atoms with E-state index in [0.29, 0.717) is 11.3 Å². The lowest BCUT2D eigenvalue weighted by Gasteiger charge is -2.31. The molecular weight excluding hydrogens is 969 g/mol. The molecule has 4 heteroatoms. The van der Waals surface area contributed by atoms with Gasteiger partial charge in [-0.2, -0.15) is 5.26 Å². The van der Waals surface area contributed by atoms with E-state index in [2.05, 4.69) is 268 Å². The first kappa shape index (κ1) is 47.2. The van der Waals surface area contributed by atoms with E-state index in [9.17, 15) is 5.26 Å². The smallest absolute Gasteiger partial charge is 0.195 e. The minimum absolute atomic E-state index is 0.148. The Bertz CT molecular complexity index is 4780. The molecule has 2 aromatic heterocycles. The number of aromatic nitrogens is 2. The molecule has 0 bridgehead atoms. The van der Waals surface area contributed by atoms with Crippen LogP contribution < -0.4 is 0 Å². The van der Waals surface area contributed by atoms with Gasteiger partial charge in [-0.3, -0.25) is 0 Å². The minimum Gasteiger partial charge on any atom is -0.309 e. The van der Waals surface area contributed by atoms with Crippen LogP contribution in [0.15, 0.2) is 218 Å². The number of hydrogen-bond acceptors (Lipinski definition) is 1. The van der Waals surface area contributed by atoms with E-state index in [-0.39, 0.29) is 10.8 Å². The highest BCUT2D eigenvalue weighted by Gasteiger charge is 2.29. The molecule has 0 saturated heterocycles. The van der Waals surface area contributed by atoms with Gasteiger partial charge < -0.3 is 9.13 Å². The molecule has 80 heavy (non-hydrogen) atoms. The van der Waals surface area contributed by atoms with Crippen LogP contribution in [0.5, 0.6) is 0 Å². The molecule has 0 amide bonds. The highest BCUT2D eigenvalue weighted by molar-refractivity contribution is 6.29. The Balaban J connectivity index is 0.812. The first-order valence-electron chi connectivity index (χ1n) is 27.7. The van der Waals surface area contributed by atoms with Crippen molar-refractivity contribution in [1.29, 1.82) is 5.26 Å². The second-order valence-electron chi connectivity index (χ2n) is 23.8. The normalized spacial score (nSPS) is 12.3. The van der Waals surface area contributed by atoms with Gasteiger partial charge >= 0.3 is 0 Å². The van der Waals surface area contributed by atoms with Crippen LogP contribution in [0, 0.1) is 17.9 Å². The fourth-order valence-corrected chi connectivity index (χ4v) is 13.8. The van der Waals surface area contributed by atoms with Gasteiger partial charge in [-0.1, -0.05) is 193 Å². The van der Waals surface area contributed by atoms with Gasteiger partial charge in [0.15, 0.2) is 5.69 Å². The van der Waals surface area contributed by atoms with Crippen molar-refractivity contribution in [3.05, 3.63) is 246 Å². The van der Waals surface area contributed by atoms with Crippen molar-refractivity contribution in [3.63, 3.8) is 0 Å². The summed E-state index contributed by atoms with van der Waals surface area (Å²) in [4.78, 5) is 3.93. The fraction of sp³-hybridized carbons (Fsp3) is 0.105. The minimum atomic E-state index is -0.148. The van der Waals surface area contributed by atoms with Gasteiger partial charge in [0.05, 0.1) is 40.3 Å². The summed E-state index contributed by atoms with van der Waals surface area (Å²) in [5.41, 5.74) is 19.9. The Morgan fingerprint density at radius 3 is 1.15 bits per heavy atom. The number of nitrogens with zero attached hydrogens (tertiary/aromatic N) is 4. The average Bonchev–Trinajstić information content (AvgIpc) is 4.09. The maximum atomic E-state index is 10.2. The van der Waals surface area contributed by atoms with Crippen LogP contribution in [0.3, 0.4) is 0 Å². The molecule has 15 aromatic rings. The van der Waals surface area contributed by atoms with Crippen LogP contribution in [0.2, 0.25) is 0 Å². The topological polar surface area (TPSA) is 38.0 Å². The predicted octanol–water partition coefficient (Wildman–Crippen LogP) is 21.1. The number of benzene rings is 13. The van der Waals surface area contributed by atoms with Crippen molar-refractivity contribution >= 4 is 92.4 Å². The lowest BCUT2D eigenvalue weighted by atomic mass is 9.73. The summed E-state index contributed by atoms with van der Waals surface area (Å²) in [5, 5.41) is 24.4. The van der Waals surface area contributed by atoms with Crippen LogP contribution in [-0.2, 0) is 10.8 Å². The van der Waals surface area contributed by atoms with E-state index in [1.165, 1.54) is 87.6 Å². The first-order chi connectivity index (χ1) is 38.9. The largest absolute Gasteiger partial charge is 0.309 e. The number of nitriles is 1. The Morgan fingerprint density at radius 1 is 0.350 bits per heavy atom. The third kappa shape index (κ3) is 6.92. The Labute approximate surface area is 465 Å². The monoisotopic (exact) mass is 1020 g/mol. The van der Waals surface area contributed by atoms with E-state index in [4.69, 9.17) is 6.57 Å². The Hall–Kier alpha value is -10.0. The second-order valence-corrected chi connectivity index (χ2v) is 23.8. The van der Waals surface area contributed by atoms with Gasteiger partial charge in [0, 0.05) is 38.3 Å². The molecule has 0 saturated carbocycles. The quantitative estimate of drug-likeness (QED) is 0.0929. The zero-order chi connectivity index (χ0) is 54.3. The molecule has 0 fully saturated rings. The van der Waals surface area contributed by atoms with Crippen LogP contribution in [0.4, 0.5) is 5.69 Å². The van der Waals surface area contributed by atoms with Crippen LogP contribution >= 0.6 is 0 Å². The van der Waals surface area contributed by atoms with Crippen molar-refractivity contribution in [3.8, 4) is 62.0 Å². The molecule has 15 rings (SSSR count). The Kier molecular flexibility index (Phi) is 10.2. The molecule has 4 nitrogen and oxygen atoms in total. The SMILES string of the molecule is [C-]#[N+]c1ccc2c3c1ccc1c(-c4ccc(-c5ccc6c(C(C)(C)C)c7cc(-c8ccc(-c9ccc%10c%11c9ccc9c(C#N)ccc(c9%11)n%10-c9ccccc9)cc8)ccc7c(C(C)(C)C)c6c5)cc4)ccc(c13)n2-c1ccccc1. The molecule has 0 aliphatic heterocycles. The van der Waals surface area contributed by atoms with Crippen LogP contribution in [0.1, 0.15) is 58.2 Å². The fourth-order valence-electron chi connectivity index (χ4n) is 13.8. The standard InChI is InChI=1S/C76H54N4/c1-75(2,3)73-60-30-27-50(46-20-24-48(25-21-46)55-36-40-67-71-58(55)33-34-61-64(78-7)37-41-68(72(61)71)80(67)53-16-12-9-13-17-53)43-63(60)74(76(4,5)6)59-29-26-49(42-62(59)73)45-18-22-47(23-19-45)54-35-39-66-70-57(54)32-31-56-51(44-77)28-38-65(69(56)70)79(66)52-14-10-8-11-15-52/h8-43H,1-6H3.